The normalized spacial score (nSPS) is 26.1. The average molecular weight is 333 g/mol. The summed E-state index contributed by atoms with van der Waals surface area (Å²) in [6.45, 7) is 2.26. The van der Waals surface area contributed by atoms with E-state index in [2.05, 4.69) is 5.32 Å². The van der Waals surface area contributed by atoms with Crippen LogP contribution in [0.4, 0.5) is 14.5 Å². The lowest BCUT2D eigenvalue weighted by Gasteiger charge is -2.39. The first kappa shape index (κ1) is 17.1. The third-order valence-electron chi connectivity index (χ3n) is 4.39. The van der Waals surface area contributed by atoms with E-state index in [9.17, 15) is 22.3 Å². The van der Waals surface area contributed by atoms with Crippen LogP contribution in [0.15, 0.2) is 29.2 Å². The molecule has 2 rings (SSSR count). The molecule has 1 fully saturated rings. The molecule has 0 saturated heterocycles. The van der Waals surface area contributed by atoms with Gasteiger partial charge in [-0.15, -0.1) is 0 Å². The van der Waals surface area contributed by atoms with Crippen molar-refractivity contribution >= 4 is 15.5 Å². The van der Waals surface area contributed by atoms with Gasteiger partial charge in [0.1, 0.15) is 0 Å². The van der Waals surface area contributed by atoms with Gasteiger partial charge in [-0.3, -0.25) is 0 Å². The van der Waals surface area contributed by atoms with Gasteiger partial charge in [0.15, 0.2) is 0 Å². The minimum absolute atomic E-state index is 0.154. The fourth-order valence-corrected chi connectivity index (χ4v) is 3.75. The summed E-state index contributed by atoms with van der Waals surface area (Å²) in [7, 11) is -4.65. The van der Waals surface area contributed by atoms with Crippen LogP contribution in [0.5, 0.6) is 0 Å². The van der Waals surface area contributed by atoms with Crippen LogP contribution in [0.1, 0.15) is 32.6 Å². The second kappa shape index (κ2) is 6.50. The molecule has 0 radical (unpaired) electrons. The van der Waals surface area contributed by atoms with Gasteiger partial charge in [-0.1, -0.05) is 31.9 Å². The smallest absolute Gasteiger partial charge is 0.341 e. The molecular formula is C15H21F2NO3S. The largest absolute Gasteiger partial charge is 0.392 e. The quantitative estimate of drug-likeness (QED) is 0.869. The van der Waals surface area contributed by atoms with Crippen LogP contribution in [-0.2, 0) is 9.84 Å². The van der Waals surface area contributed by atoms with E-state index in [0.29, 0.717) is 13.0 Å². The van der Waals surface area contributed by atoms with Gasteiger partial charge in [-0.05, 0) is 25.0 Å². The van der Waals surface area contributed by atoms with Crippen molar-refractivity contribution in [2.75, 3.05) is 11.9 Å². The Morgan fingerprint density at radius 3 is 2.68 bits per heavy atom. The van der Waals surface area contributed by atoms with Crippen molar-refractivity contribution < 1.29 is 22.3 Å². The number of aliphatic hydroxyl groups excluding tert-OH is 1. The van der Waals surface area contributed by atoms with E-state index in [1.807, 2.05) is 6.92 Å². The summed E-state index contributed by atoms with van der Waals surface area (Å²) in [5.74, 6) is -3.45. The average Bonchev–Trinajstić information content (AvgIpc) is 2.48. The molecule has 22 heavy (non-hydrogen) atoms. The fourth-order valence-electron chi connectivity index (χ4n) is 2.84. The number of para-hydroxylation sites is 1. The summed E-state index contributed by atoms with van der Waals surface area (Å²) in [6, 6.07) is 5.64. The molecular weight excluding hydrogens is 312 g/mol. The summed E-state index contributed by atoms with van der Waals surface area (Å²) in [5, 5.41) is 13.1. The summed E-state index contributed by atoms with van der Waals surface area (Å²) in [4.78, 5) is -0.404. The van der Waals surface area contributed by atoms with Crippen LogP contribution in [-0.4, -0.2) is 31.9 Å². The Morgan fingerprint density at radius 2 is 2.05 bits per heavy atom. The Labute approximate surface area is 129 Å². The number of rotatable bonds is 5. The molecule has 1 aromatic rings. The lowest BCUT2D eigenvalue weighted by atomic mass is 9.73. The van der Waals surface area contributed by atoms with Crippen molar-refractivity contribution in [3.05, 3.63) is 24.3 Å². The molecule has 2 atom stereocenters. The van der Waals surface area contributed by atoms with Gasteiger partial charge >= 0.3 is 5.76 Å². The molecule has 2 unspecified atom stereocenters. The molecule has 0 heterocycles. The Bertz CT molecular complexity index is 621. The molecule has 0 aromatic heterocycles. The number of hydrogen-bond acceptors (Lipinski definition) is 4. The second-order valence-electron chi connectivity index (χ2n) is 6.07. The standard InChI is InChI=1S/C15H21F2NO3S/c1-15(9-5-4-8-13(15)19)10-18-11-6-2-3-7-12(11)22(20,21)14(16)17/h2-3,6-7,13-14,18-19H,4-5,8-10H2,1H3. The molecule has 0 bridgehead atoms. The maximum Gasteiger partial charge on any atom is 0.341 e. The molecule has 1 aromatic carbocycles. The topological polar surface area (TPSA) is 66.4 Å². The summed E-state index contributed by atoms with van der Waals surface area (Å²) in [5.41, 5.74) is -0.234. The van der Waals surface area contributed by atoms with Crippen molar-refractivity contribution in [2.45, 2.75) is 49.4 Å². The van der Waals surface area contributed by atoms with Crippen molar-refractivity contribution in [3.8, 4) is 0 Å². The second-order valence-corrected chi connectivity index (χ2v) is 7.96. The van der Waals surface area contributed by atoms with E-state index >= 15 is 0 Å². The Morgan fingerprint density at radius 1 is 1.36 bits per heavy atom. The van der Waals surface area contributed by atoms with Gasteiger partial charge in [0.05, 0.1) is 16.7 Å². The number of aliphatic hydroxyl groups is 1. The van der Waals surface area contributed by atoms with Crippen molar-refractivity contribution in [3.63, 3.8) is 0 Å². The zero-order valence-electron chi connectivity index (χ0n) is 12.4. The van der Waals surface area contributed by atoms with Gasteiger partial charge < -0.3 is 10.4 Å². The van der Waals surface area contributed by atoms with Gasteiger partial charge in [-0.25, -0.2) is 8.42 Å². The van der Waals surface area contributed by atoms with Gasteiger partial charge in [0, 0.05) is 12.0 Å². The predicted molar refractivity (Wildman–Crippen MR) is 80.7 cm³/mol. The Hall–Kier alpha value is -1.21. The van der Waals surface area contributed by atoms with Crippen LogP contribution in [0.3, 0.4) is 0 Å². The molecule has 2 N–H and O–H groups in total. The third-order valence-corrected chi connectivity index (χ3v) is 5.83. The van der Waals surface area contributed by atoms with Crippen molar-refractivity contribution in [1.29, 1.82) is 0 Å². The number of alkyl halides is 2. The minimum Gasteiger partial charge on any atom is -0.392 e. The highest BCUT2D eigenvalue weighted by atomic mass is 32.2. The highest BCUT2D eigenvalue weighted by Gasteiger charge is 2.36. The summed E-state index contributed by atoms with van der Waals surface area (Å²) < 4.78 is 48.9. The zero-order valence-corrected chi connectivity index (χ0v) is 13.2. The van der Waals surface area contributed by atoms with E-state index in [0.717, 1.165) is 19.3 Å². The van der Waals surface area contributed by atoms with E-state index in [1.54, 1.807) is 6.07 Å². The van der Waals surface area contributed by atoms with Gasteiger partial charge in [-0.2, -0.15) is 8.78 Å². The highest BCUT2D eigenvalue weighted by Crippen LogP contribution is 2.37. The monoisotopic (exact) mass is 333 g/mol. The molecule has 0 aliphatic heterocycles. The number of anilines is 1. The van der Waals surface area contributed by atoms with E-state index < -0.39 is 26.6 Å². The fraction of sp³-hybridized carbons (Fsp3) is 0.600. The molecule has 1 saturated carbocycles. The number of halogens is 2. The van der Waals surface area contributed by atoms with Gasteiger partial charge in [0.2, 0.25) is 9.84 Å². The maximum absolute atomic E-state index is 12.8. The Kier molecular flexibility index (Phi) is 5.07. The predicted octanol–water partition coefficient (Wildman–Crippen LogP) is 3.04. The first-order valence-corrected chi connectivity index (χ1v) is 8.85. The minimum atomic E-state index is -4.65. The van der Waals surface area contributed by atoms with Gasteiger partial charge in [0.25, 0.3) is 0 Å². The number of nitrogens with one attached hydrogen (secondary N) is 1. The van der Waals surface area contributed by atoms with Crippen LogP contribution >= 0.6 is 0 Å². The van der Waals surface area contributed by atoms with Crippen molar-refractivity contribution in [1.82, 2.24) is 0 Å². The highest BCUT2D eigenvalue weighted by molar-refractivity contribution is 7.91. The number of sulfone groups is 1. The molecule has 7 heteroatoms. The Balaban J connectivity index is 2.21. The molecule has 4 nitrogen and oxygen atoms in total. The molecule has 0 amide bonds. The van der Waals surface area contributed by atoms with E-state index in [4.69, 9.17) is 0 Å². The first-order valence-electron chi connectivity index (χ1n) is 7.30. The van der Waals surface area contributed by atoms with Crippen LogP contribution in [0.2, 0.25) is 0 Å². The number of hydrogen-bond donors (Lipinski definition) is 2. The van der Waals surface area contributed by atoms with Crippen LogP contribution < -0.4 is 5.32 Å². The third kappa shape index (κ3) is 3.41. The zero-order chi connectivity index (χ0) is 16.4. The van der Waals surface area contributed by atoms with Crippen LogP contribution in [0.25, 0.3) is 0 Å². The maximum atomic E-state index is 12.8. The molecule has 1 aliphatic rings. The summed E-state index contributed by atoms with van der Waals surface area (Å²) >= 11 is 0. The SMILES string of the molecule is CC1(CNc2ccccc2S(=O)(=O)C(F)F)CCCCC1O. The lowest BCUT2D eigenvalue weighted by molar-refractivity contribution is 0.00960. The molecule has 124 valence electrons. The van der Waals surface area contributed by atoms with E-state index in [-0.39, 0.29) is 11.1 Å². The summed E-state index contributed by atoms with van der Waals surface area (Å²) in [6.07, 6.45) is 2.99. The number of benzene rings is 1. The lowest BCUT2D eigenvalue weighted by Crippen LogP contribution is -2.41. The van der Waals surface area contributed by atoms with Crippen molar-refractivity contribution in [2.24, 2.45) is 5.41 Å². The van der Waals surface area contributed by atoms with E-state index in [1.165, 1.54) is 18.2 Å². The molecule has 1 aliphatic carbocycles. The molecule has 0 spiro atoms. The first-order chi connectivity index (χ1) is 10.3. The van der Waals surface area contributed by atoms with Crippen LogP contribution in [0, 0.1) is 5.41 Å².